The summed E-state index contributed by atoms with van der Waals surface area (Å²) in [5.74, 6) is 0. The maximum absolute atomic E-state index is 11.4. The van der Waals surface area contributed by atoms with Crippen LogP contribution < -0.4 is 0 Å². The lowest BCUT2D eigenvalue weighted by Crippen LogP contribution is -2.63. The Labute approximate surface area is 127 Å². The minimum Gasteiger partial charge on any atom is -0.387 e. The molecule has 1 aliphatic carbocycles. The molecule has 1 unspecified atom stereocenters. The Hall–Kier alpha value is 0.250. The highest BCUT2D eigenvalue weighted by atomic mass is 31.2. The van der Waals surface area contributed by atoms with Crippen LogP contribution >= 0.6 is 23.5 Å². The van der Waals surface area contributed by atoms with Crippen molar-refractivity contribution in [2.75, 3.05) is 0 Å². The Morgan fingerprint density at radius 2 is 1.13 bits per heavy atom. The third kappa shape index (κ3) is 4.66. The zero-order valence-corrected chi connectivity index (χ0v) is 13.5. The van der Waals surface area contributed by atoms with E-state index in [9.17, 15) is 28.8 Å². The first kappa shape index (κ1) is 19.6. The summed E-state index contributed by atoms with van der Waals surface area (Å²) in [7, 11) is -15.3. The molecule has 1 saturated carbocycles. The highest BCUT2D eigenvalue weighted by molar-refractivity contribution is 7.47. The van der Waals surface area contributed by atoms with Crippen LogP contribution in [0.3, 0.4) is 0 Å². The fourth-order valence-electron chi connectivity index (χ4n) is 2.29. The van der Waals surface area contributed by atoms with Gasteiger partial charge in [0.25, 0.3) is 0 Å². The van der Waals surface area contributed by atoms with Crippen LogP contribution in [0.15, 0.2) is 0 Å². The van der Waals surface area contributed by atoms with Crippen molar-refractivity contribution in [2.45, 2.75) is 36.6 Å². The minimum absolute atomic E-state index is 1.76. The third-order valence-corrected chi connectivity index (χ3v) is 5.08. The standard InChI is InChI=1S/C6H13O14P3/c7-1-3(17-21(9,10)11)4(18-22(12,13)14)2(8)6-5(1)19-23(15,16)20-6/h1-8H,(H,15,16)(H2,9,10,11)(H2,12,13,14)/t1-,2-,3-,4-,5-,6+/m0/s1. The molecule has 0 aromatic carbocycles. The first-order chi connectivity index (χ1) is 10.2. The molecule has 23 heavy (non-hydrogen) atoms. The van der Waals surface area contributed by atoms with Crippen molar-refractivity contribution in [2.24, 2.45) is 0 Å². The highest BCUT2D eigenvalue weighted by Gasteiger charge is 2.62. The molecule has 0 amide bonds. The monoisotopic (exact) mass is 402 g/mol. The van der Waals surface area contributed by atoms with Gasteiger partial charge >= 0.3 is 23.5 Å². The molecule has 2 fully saturated rings. The molecule has 0 radical (unpaired) electrons. The number of fused-ring (bicyclic) bond motifs is 1. The molecular weight excluding hydrogens is 389 g/mol. The van der Waals surface area contributed by atoms with Crippen LogP contribution in [0.25, 0.3) is 0 Å². The number of aliphatic hydroxyl groups excluding tert-OH is 2. The van der Waals surface area contributed by atoms with Crippen molar-refractivity contribution < 1.29 is 66.5 Å². The van der Waals surface area contributed by atoms with E-state index in [0.29, 0.717) is 0 Å². The predicted octanol–water partition coefficient (Wildman–Crippen LogP) is -2.44. The van der Waals surface area contributed by atoms with Gasteiger partial charge in [-0.15, -0.1) is 0 Å². The summed E-state index contributed by atoms with van der Waals surface area (Å²) >= 11 is 0. The molecule has 2 rings (SSSR count). The highest BCUT2D eigenvalue weighted by Crippen LogP contribution is 2.58. The van der Waals surface area contributed by atoms with Gasteiger partial charge in [0.1, 0.15) is 36.6 Å². The van der Waals surface area contributed by atoms with E-state index in [2.05, 4.69) is 18.1 Å². The summed E-state index contributed by atoms with van der Waals surface area (Å²) in [6, 6.07) is 0. The molecule has 136 valence electrons. The van der Waals surface area contributed by atoms with Crippen molar-refractivity contribution in [1.29, 1.82) is 0 Å². The number of hydrogen-bond acceptors (Lipinski definition) is 9. The van der Waals surface area contributed by atoms with E-state index in [-0.39, 0.29) is 0 Å². The predicted molar refractivity (Wildman–Crippen MR) is 65.4 cm³/mol. The van der Waals surface area contributed by atoms with E-state index in [0.717, 1.165) is 0 Å². The van der Waals surface area contributed by atoms with Gasteiger partial charge in [0.2, 0.25) is 0 Å². The summed E-state index contributed by atoms with van der Waals surface area (Å²) in [6.45, 7) is 0. The number of phosphoric acid groups is 3. The SMILES string of the molecule is O=P(O)(O)O[C@H]1[C@H](O)[C@H]2OP(=O)(O)O[C@H]2[C@@H](O)[C@@H]1OP(=O)(O)O. The van der Waals surface area contributed by atoms with Crippen LogP contribution in [0.1, 0.15) is 0 Å². The van der Waals surface area contributed by atoms with Crippen molar-refractivity contribution >= 4 is 23.5 Å². The summed E-state index contributed by atoms with van der Waals surface area (Å²) in [6.07, 6.45) is -12.1. The minimum atomic E-state index is -5.30. The average Bonchev–Trinajstić information content (AvgIpc) is 2.64. The molecule has 1 saturated heterocycles. The van der Waals surface area contributed by atoms with Crippen LogP contribution in [-0.4, -0.2) is 71.3 Å². The molecule has 0 aromatic rings. The molecular formula is C6H13O14P3. The smallest absolute Gasteiger partial charge is 0.387 e. The van der Waals surface area contributed by atoms with Gasteiger partial charge in [-0.1, -0.05) is 0 Å². The van der Waals surface area contributed by atoms with Gasteiger partial charge in [-0.3, -0.25) is 18.1 Å². The van der Waals surface area contributed by atoms with Crippen LogP contribution in [0.4, 0.5) is 0 Å². The van der Waals surface area contributed by atoms with E-state index in [1.165, 1.54) is 0 Å². The molecule has 7 N–H and O–H groups in total. The summed E-state index contributed by atoms with van der Waals surface area (Å²) in [5.41, 5.74) is 0. The van der Waals surface area contributed by atoms with Crippen LogP contribution in [0, 0.1) is 0 Å². The number of hydrogen-bond donors (Lipinski definition) is 7. The molecule has 2 aliphatic rings. The fraction of sp³-hybridized carbons (Fsp3) is 1.00. The zero-order chi connectivity index (χ0) is 17.8. The maximum Gasteiger partial charge on any atom is 0.473 e. The van der Waals surface area contributed by atoms with Gasteiger partial charge in [-0.2, -0.15) is 0 Å². The Kier molecular flexibility index (Phi) is 5.28. The van der Waals surface area contributed by atoms with Gasteiger partial charge in [0, 0.05) is 0 Å². The summed E-state index contributed by atoms with van der Waals surface area (Å²) in [4.78, 5) is 44.4. The second-order valence-corrected chi connectivity index (χ2v) is 8.45. The van der Waals surface area contributed by atoms with Crippen molar-refractivity contribution in [3.05, 3.63) is 0 Å². The van der Waals surface area contributed by atoms with Gasteiger partial charge in [-0.25, -0.2) is 13.7 Å². The van der Waals surface area contributed by atoms with E-state index >= 15 is 0 Å². The summed E-state index contributed by atoms with van der Waals surface area (Å²) < 4.78 is 50.5. The lowest BCUT2D eigenvalue weighted by molar-refractivity contribution is -0.184. The second kappa shape index (κ2) is 6.20. The average molecular weight is 402 g/mol. The second-order valence-electron chi connectivity index (χ2n) is 4.71. The molecule has 7 atom stereocenters. The van der Waals surface area contributed by atoms with E-state index in [1.54, 1.807) is 0 Å². The lowest BCUT2D eigenvalue weighted by Gasteiger charge is -2.42. The van der Waals surface area contributed by atoms with Crippen LogP contribution in [-0.2, 0) is 31.8 Å². The van der Waals surface area contributed by atoms with E-state index < -0.39 is 60.1 Å². The normalized spacial score (nSPS) is 45.0. The lowest BCUT2D eigenvalue weighted by atomic mass is 9.85. The number of rotatable bonds is 4. The molecule has 0 spiro atoms. The van der Waals surface area contributed by atoms with Gasteiger partial charge in [0.15, 0.2) is 0 Å². The zero-order valence-electron chi connectivity index (χ0n) is 10.8. The summed E-state index contributed by atoms with van der Waals surface area (Å²) in [5, 5.41) is 19.9. The van der Waals surface area contributed by atoms with Gasteiger partial charge < -0.3 is 34.7 Å². The Morgan fingerprint density at radius 1 is 0.826 bits per heavy atom. The quantitative estimate of drug-likeness (QED) is 0.242. The van der Waals surface area contributed by atoms with E-state index in [4.69, 9.17) is 19.6 Å². The molecule has 14 nitrogen and oxygen atoms in total. The molecule has 1 aliphatic heterocycles. The fourth-order valence-corrected chi connectivity index (χ4v) is 4.57. The molecule has 0 aromatic heterocycles. The first-order valence-corrected chi connectivity index (χ1v) is 10.3. The van der Waals surface area contributed by atoms with Gasteiger partial charge in [-0.05, 0) is 0 Å². The van der Waals surface area contributed by atoms with Crippen LogP contribution in [0.2, 0.25) is 0 Å². The molecule has 1 heterocycles. The van der Waals surface area contributed by atoms with Gasteiger partial charge in [0.05, 0.1) is 0 Å². The number of phosphoric ester groups is 3. The Balaban J connectivity index is 2.37. The van der Waals surface area contributed by atoms with E-state index in [1.807, 2.05) is 0 Å². The Morgan fingerprint density at radius 3 is 1.39 bits per heavy atom. The van der Waals surface area contributed by atoms with Crippen LogP contribution in [0.5, 0.6) is 0 Å². The molecule has 0 bridgehead atoms. The topological polar surface area (TPSA) is 230 Å². The molecule has 17 heteroatoms. The van der Waals surface area contributed by atoms with Crippen molar-refractivity contribution in [3.63, 3.8) is 0 Å². The van der Waals surface area contributed by atoms with Crippen molar-refractivity contribution in [3.8, 4) is 0 Å². The van der Waals surface area contributed by atoms with Crippen molar-refractivity contribution in [1.82, 2.24) is 0 Å². The maximum atomic E-state index is 11.4. The Bertz CT molecular complexity index is 545. The third-order valence-electron chi connectivity index (χ3n) is 3.02. The first-order valence-electron chi connectivity index (χ1n) is 5.74. The largest absolute Gasteiger partial charge is 0.473 e. The number of aliphatic hydroxyl groups is 2.